The largest absolute Gasteiger partial charge is 0.478 e. The summed E-state index contributed by atoms with van der Waals surface area (Å²) in [7, 11) is 0. The van der Waals surface area contributed by atoms with Crippen molar-refractivity contribution >= 4 is 22.9 Å². The van der Waals surface area contributed by atoms with Crippen LogP contribution in [0.25, 0.3) is 17.0 Å². The second kappa shape index (κ2) is 6.82. The second-order valence-electron chi connectivity index (χ2n) is 5.46. The predicted molar refractivity (Wildman–Crippen MR) is 87.8 cm³/mol. The second-order valence-corrected chi connectivity index (χ2v) is 5.46. The van der Waals surface area contributed by atoms with Crippen molar-refractivity contribution in [2.45, 2.75) is 13.2 Å². The van der Waals surface area contributed by atoms with Crippen LogP contribution in [0.2, 0.25) is 0 Å². The summed E-state index contributed by atoms with van der Waals surface area (Å²) >= 11 is 0. The van der Waals surface area contributed by atoms with Crippen LogP contribution in [-0.2, 0) is 17.9 Å². The number of nitrogens with zero attached hydrogens (tertiary/aromatic N) is 2. The van der Waals surface area contributed by atoms with Crippen LogP contribution >= 0.6 is 0 Å². The summed E-state index contributed by atoms with van der Waals surface area (Å²) in [4.78, 5) is 10.7. The van der Waals surface area contributed by atoms with Gasteiger partial charge in [-0.2, -0.15) is 5.10 Å². The van der Waals surface area contributed by atoms with Gasteiger partial charge in [-0.05, 0) is 23.8 Å². The zero-order chi connectivity index (χ0) is 18.0. The van der Waals surface area contributed by atoms with E-state index in [9.17, 15) is 18.7 Å². The van der Waals surface area contributed by atoms with Crippen LogP contribution < -0.4 is 0 Å². The fraction of sp³-hybridized carbons (Fsp3) is 0.111. The smallest absolute Gasteiger partial charge is 0.328 e. The lowest BCUT2D eigenvalue weighted by atomic mass is 10.1. The van der Waals surface area contributed by atoms with Gasteiger partial charge >= 0.3 is 5.97 Å². The zero-order valence-corrected chi connectivity index (χ0v) is 13.0. The molecular formula is C18H14F2N2O3. The molecule has 2 aromatic carbocycles. The van der Waals surface area contributed by atoms with Gasteiger partial charge in [-0.1, -0.05) is 18.2 Å². The van der Waals surface area contributed by atoms with Crippen LogP contribution in [0.3, 0.4) is 0 Å². The summed E-state index contributed by atoms with van der Waals surface area (Å²) in [6, 6.07) is 8.40. The summed E-state index contributed by atoms with van der Waals surface area (Å²) in [5.41, 5.74) is 1.90. The summed E-state index contributed by atoms with van der Waals surface area (Å²) < 4.78 is 28.5. The average molecular weight is 344 g/mol. The summed E-state index contributed by atoms with van der Waals surface area (Å²) in [5.74, 6) is -2.47. The molecule has 0 unspecified atom stereocenters. The highest BCUT2D eigenvalue weighted by Gasteiger charge is 2.12. The highest BCUT2D eigenvalue weighted by atomic mass is 19.1. The third-order valence-corrected chi connectivity index (χ3v) is 3.75. The zero-order valence-electron chi connectivity index (χ0n) is 13.0. The third-order valence-electron chi connectivity index (χ3n) is 3.75. The van der Waals surface area contributed by atoms with Crippen molar-refractivity contribution in [1.82, 2.24) is 9.78 Å². The molecule has 0 atom stereocenters. The molecule has 1 aromatic heterocycles. The third kappa shape index (κ3) is 3.56. The molecule has 3 aromatic rings. The molecule has 7 heteroatoms. The minimum atomic E-state index is -1.11. The van der Waals surface area contributed by atoms with Gasteiger partial charge in [-0.25, -0.2) is 13.6 Å². The number of halogens is 2. The van der Waals surface area contributed by atoms with Crippen LogP contribution in [0, 0.1) is 11.6 Å². The molecule has 2 N–H and O–H groups in total. The van der Waals surface area contributed by atoms with Crippen molar-refractivity contribution in [3.05, 3.63) is 70.9 Å². The Morgan fingerprint density at radius 3 is 2.68 bits per heavy atom. The lowest BCUT2D eigenvalue weighted by molar-refractivity contribution is -0.131. The minimum Gasteiger partial charge on any atom is -0.478 e. The fourth-order valence-corrected chi connectivity index (χ4v) is 2.55. The number of aliphatic hydroxyl groups is 1. The van der Waals surface area contributed by atoms with Gasteiger partial charge in [0.05, 0.1) is 24.4 Å². The van der Waals surface area contributed by atoms with Crippen molar-refractivity contribution < 1.29 is 23.8 Å². The number of carboxylic acid groups (broad SMARTS) is 1. The number of aliphatic hydroxyl groups excluding tert-OH is 1. The maximum Gasteiger partial charge on any atom is 0.328 e. The van der Waals surface area contributed by atoms with E-state index in [0.717, 1.165) is 18.2 Å². The Morgan fingerprint density at radius 1 is 1.20 bits per heavy atom. The Morgan fingerprint density at radius 2 is 2.00 bits per heavy atom. The van der Waals surface area contributed by atoms with E-state index in [1.807, 2.05) is 0 Å². The molecule has 0 radical (unpaired) electrons. The van der Waals surface area contributed by atoms with Gasteiger partial charge < -0.3 is 10.2 Å². The normalized spacial score (nSPS) is 11.5. The standard InChI is InChI=1S/C18H14F2N2O3/c19-13-3-2-12(15(20)8-13)9-22-17-7-11(10-23)1-4-14(17)16(21-22)5-6-18(24)25/h1-8,23H,9-10H2,(H,24,25). The Hall–Kier alpha value is -3.06. The molecule has 0 fully saturated rings. The maximum atomic E-state index is 13.9. The Bertz CT molecular complexity index is 980. The molecule has 128 valence electrons. The topological polar surface area (TPSA) is 75.3 Å². The molecule has 0 saturated carbocycles. The first-order chi connectivity index (χ1) is 12.0. The number of carboxylic acids is 1. The summed E-state index contributed by atoms with van der Waals surface area (Å²) in [6.45, 7) is -0.134. The molecule has 0 aliphatic heterocycles. The van der Waals surface area contributed by atoms with Crippen molar-refractivity contribution in [1.29, 1.82) is 0 Å². The van der Waals surface area contributed by atoms with E-state index in [1.54, 1.807) is 18.2 Å². The van der Waals surface area contributed by atoms with Crippen LogP contribution in [0.1, 0.15) is 16.8 Å². The van der Waals surface area contributed by atoms with Crippen LogP contribution in [-0.4, -0.2) is 26.0 Å². The number of hydrogen-bond donors (Lipinski definition) is 2. The molecule has 25 heavy (non-hydrogen) atoms. The number of hydrogen-bond acceptors (Lipinski definition) is 3. The Labute approximate surface area is 141 Å². The molecule has 0 spiro atoms. The first kappa shape index (κ1) is 16.8. The number of aromatic nitrogens is 2. The van der Waals surface area contributed by atoms with Crippen LogP contribution in [0.15, 0.2) is 42.5 Å². The highest BCUT2D eigenvalue weighted by Crippen LogP contribution is 2.23. The van der Waals surface area contributed by atoms with E-state index in [2.05, 4.69) is 5.10 Å². The van der Waals surface area contributed by atoms with Crippen molar-refractivity contribution in [3.63, 3.8) is 0 Å². The van der Waals surface area contributed by atoms with Gasteiger partial charge in [0, 0.05) is 23.1 Å². The summed E-state index contributed by atoms with van der Waals surface area (Å²) in [6.07, 6.45) is 2.31. The van der Waals surface area contributed by atoms with Crippen molar-refractivity contribution in [3.8, 4) is 0 Å². The maximum absolute atomic E-state index is 13.9. The lowest BCUT2D eigenvalue weighted by Gasteiger charge is -2.06. The molecule has 0 aliphatic carbocycles. The van der Waals surface area contributed by atoms with E-state index >= 15 is 0 Å². The predicted octanol–water partition coefficient (Wildman–Crippen LogP) is 2.95. The van der Waals surface area contributed by atoms with Gasteiger partial charge in [0.2, 0.25) is 0 Å². The molecule has 1 heterocycles. The van der Waals surface area contributed by atoms with Crippen LogP contribution in [0.5, 0.6) is 0 Å². The molecule has 5 nitrogen and oxygen atoms in total. The van der Waals surface area contributed by atoms with Crippen molar-refractivity contribution in [2.75, 3.05) is 0 Å². The molecular weight excluding hydrogens is 330 g/mol. The van der Waals surface area contributed by atoms with E-state index in [0.29, 0.717) is 22.2 Å². The number of aliphatic carboxylic acids is 1. The number of rotatable bonds is 5. The van der Waals surface area contributed by atoms with Crippen molar-refractivity contribution in [2.24, 2.45) is 0 Å². The monoisotopic (exact) mass is 344 g/mol. The first-order valence-corrected chi connectivity index (χ1v) is 7.43. The first-order valence-electron chi connectivity index (χ1n) is 7.43. The quantitative estimate of drug-likeness (QED) is 0.698. The van der Waals surface area contributed by atoms with E-state index in [1.165, 1.54) is 16.8 Å². The minimum absolute atomic E-state index is 0.0401. The van der Waals surface area contributed by atoms with Gasteiger partial charge in [0.25, 0.3) is 0 Å². The average Bonchev–Trinajstić information content (AvgIpc) is 2.92. The highest BCUT2D eigenvalue weighted by molar-refractivity contribution is 5.92. The number of fused-ring (bicyclic) bond motifs is 1. The fourth-order valence-electron chi connectivity index (χ4n) is 2.55. The van der Waals surface area contributed by atoms with Crippen LogP contribution in [0.4, 0.5) is 8.78 Å². The van der Waals surface area contributed by atoms with Gasteiger partial charge in [-0.3, -0.25) is 4.68 Å². The van der Waals surface area contributed by atoms with Gasteiger partial charge in [0.1, 0.15) is 11.6 Å². The van der Waals surface area contributed by atoms with Gasteiger partial charge in [0.15, 0.2) is 0 Å². The van der Waals surface area contributed by atoms with E-state index in [-0.39, 0.29) is 18.7 Å². The number of carbonyl (C=O) groups is 1. The molecule has 0 aliphatic rings. The molecule has 0 saturated heterocycles. The lowest BCUT2D eigenvalue weighted by Crippen LogP contribution is -2.04. The van der Waals surface area contributed by atoms with E-state index < -0.39 is 17.6 Å². The Balaban J connectivity index is 2.10. The molecule has 0 amide bonds. The SMILES string of the molecule is O=C(O)C=Cc1nn(Cc2ccc(F)cc2F)c2cc(CO)ccc12. The number of benzene rings is 2. The molecule has 3 rings (SSSR count). The summed E-state index contributed by atoms with van der Waals surface area (Å²) in [5, 5.41) is 23.1. The Kier molecular flexibility index (Phi) is 4.58. The van der Waals surface area contributed by atoms with E-state index in [4.69, 9.17) is 5.11 Å². The van der Waals surface area contributed by atoms with Gasteiger partial charge in [-0.15, -0.1) is 0 Å². The molecule has 0 bridgehead atoms.